The number of pyridine rings is 1. The summed E-state index contributed by atoms with van der Waals surface area (Å²) >= 11 is 0. The van der Waals surface area contributed by atoms with Crippen LogP contribution in [0.4, 0.5) is 11.6 Å². The van der Waals surface area contributed by atoms with Crippen molar-refractivity contribution in [1.29, 1.82) is 0 Å². The van der Waals surface area contributed by atoms with Crippen LogP contribution in [0.1, 0.15) is 15.9 Å². The lowest BCUT2D eigenvalue weighted by molar-refractivity contribution is 0.102. The zero-order valence-corrected chi connectivity index (χ0v) is 16.6. The van der Waals surface area contributed by atoms with E-state index < -0.39 is 0 Å². The van der Waals surface area contributed by atoms with Crippen LogP contribution in [0.5, 0.6) is 11.5 Å². The number of hydrogen-bond donors (Lipinski definition) is 1. The van der Waals surface area contributed by atoms with Crippen molar-refractivity contribution in [3.05, 3.63) is 66.0 Å². The smallest absolute Gasteiger partial charge is 0.257 e. The van der Waals surface area contributed by atoms with E-state index in [1.54, 1.807) is 36.7 Å². The minimum Gasteiger partial charge on any atom is -0.497 e. The van der Waals surface area contributed by atoms with Gasteiger partial charge in [-0.05, 0) is 48.4 Å². The van der Waals surface area contributed by atoms with Crippen molar-refractivity contribution in [2.24, 2.45) is 0 Å². The van der Waals surface area contributed by atoms with Crippen LogP contribution in [-0.2, 0) is 6.42 Å². The summed E-state index contributed by atoms with van der Waals surface area (Å²) in [6.45, 7) is 0.786. The van der Waals surface area contributed by atoms with E-state index in [2.05, 4.69) is 20.5 Å². The molecule has 8 nitrogen and oxygen atoms in total. The number of anilines is 2. The van der Waals surface area contributed by atoms with Gasteiger partial charge in [0.2, 0.25) is 0 Å². The minimum atomic E-state index is -0.324. The summed E-state index contributed by atoms with van der Waals surface area (Å²) in [6, 6.07) is 12.5. The number of rotatable bonds is 8. The van der Waals surface area contributed by atoms with E-state index in [-0.39, 0.29) is 5.91 Å². The van der Waals surface area contributed by atoms with Crippen molar-refractivity contribution in [3.8, 4) is 11.5 Å². The van der Waals surface area contributed by atoms with Gasteiger partial charge in [-0.3, -0.25) is 9.78 Å². The predicted octanol–water partition coefficient (Wildman–Crippen LogP) is 2.82. The van der Waals surface area contributed by atoms with Crippen molar-refractivity contribution in [2.75, 3.05) is 38.0 Å². The fraction of sp³-hybridized carbons (Fsp3) is 0.238. The van der Waals surface area contributed by atoms with Crippen molar-refractivity contribution in [2.45, 2.75) is 6.42 Å². The molecule has 2 aromatic heterocycles. The Morgan fingerprint density at radius 2 is 1.69 bits per heavy atom. The number of carbonyl (C=O) groups is 1. The first-order valence-corrected chi connectivity index (χ1v) is 9.07. The molecule has 0 fully saturated rings. The topological polar surface area (TPSA) is 89.5 Å². The summed E-state index contributed by atoms with van der Waals surface area (Å²) < 4.78 is 10.4. The van der Waals surface area contributed by atoms with E-state index >= 15 is 0 Å². The van der Waals surface area contributed by atoms with Gasteiger partial charge in [-0.15, -0.1) is 10.2 Å². The summed E-state index contributed by atoms with van der Waals surface area (Å²) in [5.74, 6) is 1.83. The Kier molecular flexibility index (Phi) is 6.57. The van der Waals surface area contributed by atoms with Crippen LogP contribution in [0.3, 0.4) is 0 Å². The fourth-order valence-corrected chi connectivity index (χ4v) is 2.68. The molecule has 0 saturated carbocycles. The molecule has 0 aliphatic carbocycles. The van der Waals surface area contributed by atoms with Gasteiger partial charge in [0.15, 0.2) is 11.6 Å². The highest BCUT2D eigenvalue weighted by molar-refractivity contribution is 6.04. The zero-order chi connectivity index (χ0) is 20.6. The Morgan fingerprint density at radius 1 is 1.00 bits per heavy atom. The van der Waals surface area contributed by atoms with Gasteiger partial charge in [0.1, 0.15) is 11.5 Å². The quantitative estimate of drug-likeness (QED) is 0.629. The predicted molar refractivity (Wildman–Crippen MR) is 111 cm³/mol. The molecule has 0 aliphatic rings. The Bertz CT molecular complexity index is 926. The normalized spacial score (nSPS) is 10.3. The molecule has 0 atom stereocenters. The summed E-state index contributed by atoms with van der Waals surface area (Å²) in [5, 5.41) is 11.0. The van der Waals surface area contributed by atoms with Crippen LogP contribution in [0.15, 0.2) is 54.9 Å². The van der Waals surface area contributed by atoms with Crippen LogP contribution in [0.2, 0.25) is 0 Å². The van der Waals surface area contributed by atoms with Gasteiger partial charge >= 0.3 is 0 Å². The molecular formula is C21H23N5O3. The standard InChI is InChI=1S/C21H23N5O3/c1-26(11-8-15-6-9-22-10-7-15)20-5-4-19(24-25-20)23-21(27)16-12-17(28-2)14-18(13-16)29-3/h4-7,9-10,12-14H,8,11H2,1-3H3,(H,23,24,27). The first-order valence-electron chi connectivity index (χ1n) is 9.07. The maximum Gasteiger partial charge on any atom is 0.257 e. The average molecular weight is 393 g/mol. The van der Waals surface area contributed by atoms with Crippen molar-refractivity contribution >= 4 is 17.5 Å². The number of benzene rings is 1. The third kappa shape index (κ3) is 5.41. The molecule has 0 saturated heterocycles. The molecule has 2 heterocycles. The van der Waals surface area contributed by atoms with E-state index in [1.165, 1.54) is 19.8 Å². The molecule has 1 N–H and O–H groups in total. The molecule has 0 bridgehead atoms. The van der Waals surface area contributed by atoms with Gasteiger partial charge in [-0.2, -0.15) is 0 Å². The molecule has 1 aromatic carbocycles. The first-order chi connectivity index (χ1) is 14.1. The fourth-order valence-electron chi connectivity index (χ4n) is 2.68. The molecule has 1 amide bonds. The highest BCUT2D eigenvalue weighted by atomic mass is 16.5. The summed E-state index contributed by atoms with van der Waals surface area (Å²) in [5.41, 5.74) is 1.61. The number of nitrogens with one attached hydrogen (secondary N) is 1. The molecule has 0 radical (unpaired) electrons. The van der Waals surface area contributed by atoms with Crippen molar-refractivity contribution in [3.63, 3.8) is 0 Å². The molecule has 0 spiro atoms. The summed E-state index contributed by atoms with van der Waals surface area (Å²) in [7, 11) is 5.02. The zero-order valence-electron chi connectivity index (χ0n) is 16.6. The SMILES string of the molecule is COc1cc(OC)cc(C(=O)Nc2ccc(N(C)CCc3ccncc3)nn2)c1. The second-order valence-electron chi connectivity index (χ2n) is 6.36. The number of hydrogen-bond acceptors (Lipinski definition) is 7. The third-order valence-corrected chi connectivity index (χ3v) is 4.38. The van der Waals surface area contributed by atoms with Crippen LogP contribution >= 0.6 is 0 Å². The van der Waals surface area contributed by atoms with Crippen LogP contribution in [0.25, 0.3) is 0 Å². The molecule has 29 heavy (non-hydrogen) atoms. The van der Waals surface area contributed by atoms with Gasteiger partial charge in [0, 0.05) is 37.6 Å². The van der Waals surface area contributed by atoms with Crippen molar-refractivity contribution < 1.29 is 14.3 Å². The monoisotopic (exact) mass is 393 g/mol. The Labute approximate surface area is 169 Å². The number of likely N-dealkylation sites (N-methyl/N-ethyl adjacent to an activating group) is 1. The molecule has 0 aliphatic heterocycles. The molecule has 0 unspecified atom stereocenters. The number of nitrogens with zero attached hydrogens (tertiary/aromatic N) is 4. The highest BCUT2D eigenvalue weighted by Gasteiger charge is 2.12. The third-order valence-electron chi connectivity index (χ3n) is 4.38. The van der Waals surface area contributed by atoms with E-state index in [0.29, 0.717) is 22.9 Å². The maximum atomic E-state index is 12.5. The number of aromatic nitrogens is 3. The Balaban J connectivity index is 1.62. The van der Waals surface area contributed by atoms with Crippen molar-refractivity contribution in [1.82, 2.24) is 15.2 Å². The van der Waals surface area contributed by atoms with E-state index in [1.807, 2.05) is 30.1 Å². The first kappa shape index (κ1) is 20.1. The van der Waals surface area contributed by atoms with Gasteiger partial charge in [-0.1, -0.05) is 0 Å². The molecule has 3 aromatic rings. The molecule has 8 heteroatoms. The number of ether oxygens (including phenoxy) is 2. The van der Waals surface area contributed by atoms with Crippen LogP contribution in [0, 0.1) is 0 Å². The second-order valence-corrected chi connectivity index (χ2v) is 6.36. The van der Waals surface area contributed by atoms with Crippen LogP contribution in [-0.4, -0.2) is 48.9 Å². The number of amides is 1. The second kappa shape index (κ2) is 9.50. The lowest BCUT2D eigenvalue weighted by Gasteiger charge is -2.17. The van der Waals surface area contributed by atoms with E-state index in [9.17, 15) is 4.79 Å². The minimum absolute atomic E-state index is 0.324. The maximum absolute atomic E-state index is 12.5. The lowest BCUT2D eigenvalue weighted by atomic mass is 10.2. The van der Waals surface area contributed by atoms with E-state index in [0.717, 1.165) is 18.8 Å². The summed E-state index contributed by atoms with van der Waals surface area (Å²) in [6.07, 6.45) is 4.44. The summed E-state index contributed by atoms with van der Waals surface area (Å²) in [4.78, 5) is 18.5. The Morgan fingerprint density at radius 3 is 2.28 bits per heavy atom. The van der Waals surface area contributed by atoms with Crippen LogP contribution < -0.4 is 19.7 Å². The van der Waals surface area contributed by atoms with Gasteiger partial charge in [-0.25, -0.2) is 0 Å². The Hall–Kier alpha value is -3.68. The molecular weight excluding hydrogens is 370 g/mol. The molecule has 3 rings (SSSR count). The largest absolute Gasteiger partial charge is 0.497 e. The van der Waals surface area contributed by atoms with Gasteiger partial charge in [0.25, 0.3) is 5.91 Å². The molecule has 150 valence electrons. The van der Waals surface area contributed by atoms with E-state index in [4.69, 9.17) is 9.47 Å². The highest BCUT2D eigenvalue weighted by Crippen LogP contribution is 2.23. The average Bonchev–Trinajstić information content (AvgIpc) is 2.78. The van der Waals surface area contributed by atoms with Gasteiger partial charge < -0.3 is 19.7 Å². The number of methoxy groups -OCH3 is 2. The lowest BCUT2D eigenvalue weighted by Crippen LogP contribution is -2.22. The van der Waals surface area contributed by atoms with Gasteiger partial charge in [0.05, 0.1) is 14.2 Å². The number of carbonyl (C=O) groups excluding carboxylic acids is 1.